The Morgan fingerprint density at radius 2 is 1.86 bits per heavy atom. The van der Waals surface area contributed by atoms with Gasteiger partial charge >= 0.3 is 6.03 Å². The predicted molar refractivity (Wildman–Crippen MR) is 108 cm³/mol. The van der Waals surface area contributed by atoms with Gasteiger partial charge in [0.15, 0.2) is 11.5 Å². The van der Waals surface area contributed by atoms with E-state index in [1.165, 1.54) is 0 Å². The van der Waals surface area contributed by atoms with E-state index in [0.717, 1.165) is 11.5 Å². The molecule has 0 bridgehead atoms. The summed E-state index contributed by atoms with van der Waals surface area (Å²) in [5.74, 6) is 1.98. The maximum Gasteiger partial charge on any atom is 0.322 e. The molecule has 1 aliphatic heterocycles. The molecule has 2 aromatic heterocycles. The molecule has 152 valence electrons. The fraction of sp³-hybridized carbons (Fsp3) is 0.368. The quantitative estimate of drug-likeness (QED) is 0.717. The van der Waals surface area contributed by atoms with E-state index in [4.69, 9.17) is 9.47 Å². The third-order valence-electron chi connectivity index (χ3n) is 4.99. The number of aromatic nitrogens is 4. The lowest BCUT2D eigenvalue weighted by atomic mass is 10.2. The summed E-state index contributed by atoms with van der Waals surface area (Å²) in [4.78, 5) is 16.7. The first-order chi connectivity index (χ1) is 14.1. The van der Waals surface area contributed by atoms with Crippen LogP contribution in [-0.4, -0.2) is 71.1 Å². The number of amides is 2. The summed E-state index contributed by atoms with van der Waals surface area (Å²) < 4.78 is 12.2. The minimum absolute atomic E-state index is 0.158. The lowest BCUT2D eigenvalue weighted by Gasteiger charge is -2.35. The number of nitrogens with zero attached hydrogens (tertiary/aromatic N) is 6. The molecule has 10 heteroatoms. The van der Waals surface area contributed by atoms with Crippen LogP contribution in [0.2, 0.25) is 0 Å². The number of nitrogens with one attached hydrogen (secondary N) is 1. The van der Waals surface area contributed by atoms with Crippen LogP contribution >= 0.6 is 0 Å². The summed E-state index contributed by atoms with van der Waals surface area (Å²) >= 11 is 0. The summed E-state index contributed by atoms with van der Waals surface area (Å²) in [5.41, 5.74) is 2.30. The van der Waals surface area contributed by atoms with Gasteiger partial charge in [0.25, 0.3) is 0 Å². The van der Waals surface area contributed by atoms with Gasteiger partial charge in [-0.15, -0.1) is 10.2 Å². The number of hydrogen-bond donors (Lipinski definition) is 1. The van der Waals surface area contributed by atoms with E-state index in [-0.39, 0.29) is 6.03 Å². The van der Waals surface area contributed by atoms with Gasteiger partial charge in [-0.1, -0.05) is 0 Å². The van der Waals surface area contributed by atoms with Gasteiger partial charge in [-0.3, -0.25) is 0 Å². The summed E-state index contributed by atoms with van der Waals surface area (Å²) in [6.45, 7) is 4.47. The van der Waals surface area contributed by atoms with Gasteiger partial charge in [-0.25, -0.2) is 4.79 Å². The number of benzene rings is 1. The molecule has 1 aromatic carbocycles. The van der Waals surface area contributed by atoms with Crippen LogP contribution in [0.5, 0.6) is 11.5 Å². The summed E-state index contributed by atoms with van der Waals surface area (Å²) in [6.07, 6.45) is 1.81. The van der Waals surface area contributed by atoms with Crippen molar-refractivity contribution in [1.82, 2.24) is 24.7 Å². The smallest absolute Gasteiger partial charge is 0.322 e. The van der Waals surface area contributed by atoms with E-state index in [2.05, 4.69) is 25.5 Å². The molecule has 0 spiro atoms. The van der Waals surface area contributed by atoms with Gasteiger partial charge < -0.3 is 24.6 Å². The van der Waals surface area contributed by atoms with Gasteiger partial charge in [-0.05, 0) is 19.1 Å². The Morgan fingerprint density at radius 3 is 2.59 bits per heavy atom. The average Bonchev–Trinajstić information content (AvgIpc) is 3.14. The molecular formula is C19H23N7O3. The largest absolute Gasteiger partial charge is 0.497 e. The maximum absolute atomic E-state index is 12.7. The zero-order chi connectivity index (χ0) is 20.4. The number of methoxy groups -OCH3 is 2. The van der Waals surface area contributed by atoms with E-state index in [1.807, 2.05) is 13.0 Å². The average molecular weight is 397 g/mol. The normalized spacial score (nSPS) is 14.2. The summed E-state index contributed by atoms with van der Waals surface area (Å²) in [6, 6.07) is 7.10. The lowest BCUT2D eigenvalue weighted by Crippen LogP contribution is -2.50. The molecule has 1 aliphatic rings. The second-order valence-corrected chi connectivity index (χ2v) is 6.70. The maximum atomic E-state index is 12.7. The Hall–Kier alpha value is -3.56. The van der Waals surface area contributed by atoms with Crippen molar-refractivity contribution in [2.45, 2.75) is 6.92 Å². The number of carbonyl (C=O) groups is 1. The van der Waals surface area contributed by atoms with E-state index >= 15 is 0 Å². The highest BCUT2D eigenvalue weighted by molar-refractivity contribution is 5.91. The Kier molecular flexibility index (Phi) is 5.07. The second-order valence-electron chi connectivity index (χ2n) is 6.70. The van der Waals surface area contributed by atoms with Crippen molar-refractivity contribution in [3.63, 3.8) is 0 Å². The number of hydrogen-bond acceptors (Lipinski definition) is 7. The van der Waals surface area contributed by atoms with Crippen LogP contribution in [0.4, 0.5) is 16.2 Å². The molecule has 0 radical (unpaired) electrons. The van der Waals surface area contributed by atoms with E-state index < -0.39 is 0 Å². The van der Waals surface area contributed by atoms with Crippen molar-refractivity contribution in [1.29, 1.82) is 0 Å². The number of rotatable bonds is 4. The first kappa shape index (κ1) is 18.8. The number of aryl methyl sites for hydroxylation is 1. The molecule has 0 unspecified atom stereocenters. The first-order valence-corrected chi connectivity index (χ1v) is 9.30. The van der Waals surface area contributed by atoms with Gasteiger partial charge in [0.2, 0.25) is 0 Å². The van der Waals surface area contributed by atoms with Crippen LogP contribution in [0.25, 0.3) is 5.65 Å². The lowest BCUT2D eigenvalue weighted by molar-refractivity contribution is 0.208. The summed E-state index contributed by atoms with van der Waals surface area (Å²) in [5, 5.41) is 15.5. The Morgan fingerprint density at radius 1 is 1.07 bits per heavy atom. The van der Waals surface area contributed by atoms with Gasteiger partial charge in [0.05, 0.1) is 31.8 Å². The third kappa shape index (κ3) is 3.73. The highest BCUT2D eigenvalue weighted by Crippen LogP contribution is 2.29. The monoisotopic (exact) mass is 397 g/mol. The van der Waals surface area contributed by atoms with Crippen molar-refractivity contribution in [3.05, 3.63) is 36.3 Å². The standard InChI is InChI=1S/C19H23N7O3/c1-13-22-23-18-10-14(12-20-26(13)18)24-6-8-25(9-7-24)19(27)21-16-5-4-15(28-2)11-17(16)29-3/h4-5,10-12H,6-9H2,1-3H3,(H,21,27). The van der Waals surface area contributed by atoms with E-state index in [9.17, 15) is 4.79 Å². The zero-order valence-electron chi connectivity index (χ0n) is 16.6. The first-order valence-electron chi connectivity index (χ1n) is 9.30. The highest BCUT2D eigenvalue weighted by atomic mass is 16.5. The number of urea groups is 1. The molecular weight excluding hydrogens is 374 g/mol. The molecule has 2 amide bonds. The Labute approximate surface area is 168 Å². The van der Waals surface area contributed by atoms with Crippen LogP contribution in [0.15, 0.2) is 30.5 Å². The van der Waals surface area contributed by atoms with Crippen molar-refractivity contribution in [2.24, 2.45) is 0 Å². The van der Waals surface area contributed by atoms with Crippen molar-refractivity contribution in [2.75, 3.05) is 50.6 Å². The molecule has 0 aliphatic carbocycles. The predicted octanol–water partition coefficient (Wildman–Crippen LogP) is 1.80. The second kappa shape index (κ2) is 7.82. The molecule has 3 aromatic rings. The zero-order valence-corrected chi connectivity index (χ0v) is 16.6. The number of ether oxygens (including phenoxy) is 2. The van der Waals surface area contributed by atoms with Crippen molar-refractivity contribution < 1.29 is 14.3 Å². The van der Waals surface area contributed by atoms with Crippen LogP contribution < -0.4 is 19.7 Å². The fourth-order valence-corrected chi connectivity index (χ4v) is 3.33. The molecule has 10 nitrogen and oxygen atoms in total. The molecule has 0 atom stereocenters. The molecule has 1 fully saturated rings. The van der Waals surface area contributed by atoms with Gasteiger partial charge in [0.1, 0.15) is 11.5 Å². The van der Waals surface area contributed by atoms with Crippen LogP contribution in [0.3, 0.4) is 0 Å². The molecule has 0 saturated carbocycles. The van der Waals surface area contributed by atoms with E-state index in [0.29, 0.717) is 49.0 Å². The van der Waals surface area contributed by atoms with E-state index in [1.54, 1.807) is 48.0 Å². The number of anilines is 2. The topological polar surface area (TPSA) is 97.1 Å². The summed E-state index contributed by atoms with van der Waals surface area (Å²) in [7, 11) is 3.15. The molecule has 3 heterocycles. The Bertz CT molecular complexity index is 1030. The molecule has 1 saturated heterocycles. The third-order valence-corrected chi connectivity index (χ3v) is 4.99. The number of piperazine rings is 1. The fourth-order valence-electron chi connectivity index (χ4n) is 3.33. The molecule has 4 rings (SSSR count). The highest BCUT2D eigenvalue weighted by Gasteiger charge is 2.23. The van der Waals surface area contributed by atoms with Crippen LogP contribution in [-0.2, 0) is 0 Å². The molecule has 1 N–H and O–H groups in total. The number of carbonyl (C=O) groups excluding carboxylic acids is 1. The SMILES string of the molecule is COc1ccc(NC(=O)N2CCN(c3cnn4c(C)nnc4c3)CC2)c(OC)c1. The van der Waals surface area contributed by atoms with Crippen LogP contribution in [0, 0.1) is 6.92 Å². The van der Waals surface area contributed by atoms with Crippen molar-refractivity contribution in [3.8, 4) is 11.5 Å². The number of fused-ring (bicyclic) bond motifs is 1. The van der Waals surface area contributed by atoms with Gasteiger partial charge in [-0.2, -0.15) is 9.61 Å². The van der Waals surface area contributed by atoms with Crippen LogP contribution in [0.1, 0.15) is 5.82 Å². The van der Waals surface area contributed by atoms with Crippen molar-refractivity contribution >= 4 is 23.1 Å². The van der Waals surface area contributed by atoms with Gasteiger partial charge in [0, 0.05) is 38.3 Å². The minimum Gasteiger partial charge on any atom is -0.497 e. The Balaban J connectivity index is 1.39. The minimum atomic E-state index is -0.158. The molecule has 29 heavy (non-hydrogen) atoms.